The molecule has 3 rings (SSSR count). The van der Waals surface area contributed by atoms with Gasteiger partial charge in [-0.25, -0.2) is 0 Å². The maximum absolute atomic E-state index is 12.2. The maximum Gasteiger partial charge on any atom is 0.231 e. The molecule has 5 nitrogen and oxygen atoms in total. The smallest absolute Gasteiger partial charge is 0.231 e. The summed E-state index contributed by atoms with van der Waals surface area (Å²) in [5.41, 5.74) is 1.70. The average molecular weight is 260 g/mol. The van der Waals surface area contributed by atoms with Crippen LogP contribution in [-0.4, -0.2) is 30.2 Å². The molecule has 0 atom stereocenters. The topological polar surface area (TPSA) is 52.5 Å². The number of aryl methyl sites for hydroxylation is 1. The fraction of sp³-hybridized carbons (Fsp3) is 0.357. The molecule has 19 heavy (non-hydrogen) atoms. The van der Waals surface area contributed by atoms with E-state index >= 15 is 0 Å². The highest BCUT2D eigenvalue weighted by atomic mass is 16.7. The van der Waals surface area contributed by atoms with Gasteiger partial charge in [0.05, 0.1) is 12.1 Å². The van der Waals surface area contributed by atoms with E-state index in [1.807, 2.05) is 36.9 Å². The molecular formula is C14H16N2O3. The fourth-order valence-corrected chi connectivity index (χ4v) is 2.33. The van der Waals surface area contributed by atoms with Crippen LogP contribution in [0.4, 0.5) is 0 Å². The van der Waals surface area contributed by atoms with Crippen molar-refractivity contribution < 1.29 is 14.3 Å². The van der Waals surface area contributed by atoms with Crippen molar-refractivity contribution in [2.75, 3.05) is 19.9 Å². The molecule has 5 heteroatoms. The van der Waals surface area contributed by atoms with Crippen LogP contribution in [0.2, 0.25) is 0 Å². The molecule has 1 aliphatic rings. The first-order valence-electron chi connectivity index (χ1n) is 6.33. The van der Waals surface area contributed by atoms with Gasteiger partial charge < -0.3 is 19.4 Å². The Morgan fingerprint density at radius 1 is 1.37 bits per heavy atom. The Morgan fingerprint density at radius 3 is 2.84 bits per heavy atom. The van der Waals surface area contributed by atoms with E-state index < -0.39 is 0 Å². The second-order valence-electron chi connectivity index (χ2n) is 4.58. The SMILES string of the molecule is CCNCC(=O)c1cn(C)c2cc3c(cc12)OCO3. The number of nitrogens with one attached hydrogen (secondary N) is 1. The molecule has 0 spiro atoms. The molecule has 100 valence electrons. The van der Waals surface area contributed by atoms with E-state index in [0.717, 1.165) is 28.8 Å². The molecule has 0 fully saturated rings. The Hall–Kier alpha value is -2.01. The Labute approximate surface area is 111 Å². The van der Waals surface area contributed by atoms with Gasteiger partial charge in [0.25, 0.3) is 0 Å². The van der Waals surface area contributed by atoms with Crippen molar-refractivity contribution in [1.82, 2.24) is 9.88 Å². The van der Waals surface area contributed by atoms with Crippen molar-refractivity contribution in [2.45, 2.75) is 6.92 Å². The van der Waals surface area contributed by atoms with Crippen LogP contribution in [-0.2, 0) is 7.05 Å². The molecule has 0 aliphatic carbocycles. The van der Waals surface area contributed by atoms with Crippen molar-refractivity contribution in [3.05, 3.63) is 23.9 Å². The normalized spacial score (nSPS) is 13.2. The summed E-state index contributed by atoms with van der Waals surface area (Å²) in [6.45, 7) is 3.35. The molecule has 0 unspecified atom stereocenters. The van der Waals surface area contributed by atoms with Gasteiger partial charge in [0.1, 0.15) is 0 Å². The van der Waals surface area contributed by atoms with E-state index in [2.05, 4.69) is 5.32 Å². The minimum atomic E-state index is 0.0892. The number of aromatic nitrogens is 1. The number of hydrogen-bond acceptors (Lipinski definition) is 4. The lowest BCUT2D eigenvalue weighted by atomic mass is 10.1. The number of ketones is 1. The van der Waals surface area contributed by atoms with Crippen LogP contribution in [0, 0.1) is 0 Å². The number of fused-ring (bicyclic) bond motifs is 2. The van der Waals surface area contributed by atoms with Gasteiger partial charge in [0, 0.05) is 30.3 Å². The van der Waals surface area contributed by atoms with Gasteiger partial charge >= 0.3 is 0 Å². The van der Waals surface area contributed by atoms with Crippen molar-refractivity contribution >= 4 is 16.7 Å². The zero-order chi connectivity index (χ0) is 13.4. The summed E-state index contributed by atoms with van der Waals surface area (Å²) < 4.78 is 12.7. The minimum Gasteiger partial charge on any atom is -0.454 e. The van der Waals surface area contributed by atoms with E-state index in [4.69, 9.17) is 9.47 Å². The summed E-state index contributed by atoms with van der Waals surface area (Å²) >= 11 is 0. The first-order chi connectivity index (χ1) is 9.20. The zero-order valence-electron chi connectivity index (χ0n) is 11.0. The van der Waals surface area contributed by atoms with Crippen molar-refractivity contribution in [3.8, 4) is 11.5 Å². The number of carbonyl (C=O) groups is 1. The maximum atomic E-state index is 12.2. The van der Waals surface area contributed by atoms with E-state index in [1.54, 1.807) is 0 Å². The number of rotatable bonds is 4. The Morgan fingerprint density at radius 2 is 2.11 bits per heavy atom. The predicted octanol–water partition coefficient (Wildman–Crippen LogP) is 1.70. The summed E-state index contributed by atoms with van der Waals surface area (Å²) in [7, 11) is 1.93. The molecule has 0 radical (unpaired) electrons. The van der Waals surface area contributed by atoms with Crippen LogP contribution in [0.1, 0.15) is 17.3 Å². The molecule has 0 saturated heterocycles. The second-order valence-corrected chi connectivity index (χ2v) is 4.58. The van der Waals surface area contributed by atoms with Crippen molar-refractivity contribution in [2.24, 2.45) is 7.05 Å². The third kappa shape index (κ3) is 1.96. The molecule has 1 aromatic heterocycles. The molecule has 1 aromatic carbocycles. The highest BCUT2D eigenvalue weighted by Gasteiger charge is 2.20. The molecule has 2 heterocycles. The van der Waals surface area contributed by atoms with Crippen molar-refractivity contribution in [3.63, 3.8) is 0 Å². The van der Waals surface area contributed by atoms with Gasteiger partial charge in [0.15, 0.2) is 17.3 Å². The second kappa shape index (κ2) is 4.59. The monoisotopic (exact) mass is 260 g/mol. The van der Waals surface area contributed by atoms with Crippen LogP contribution < -0.4 is 14.8 Å². The first-order valence-corrected chi connectivity index (χ1v) is 6.33. The minimum absolute atomic E-state index is 0.0892. The summed E-state index contributed by atoms with van der Waals surface area (Å²) in [6.07, 6.45) is 1.86. The fourth-order valence-electron chi connectivity index (χ4n) is 2.33. The van der Waals surface area contributed by atoms with Gasteiger partial charge in [-0.2, -0.15) is 0 Å². The van der Waals surface area contributed by atoms with Gasteiger partial charge in [0.2, 0.25) is 6.79 Å². The highest BCUT2D eigenvalue weighted by Crippen LogP contribution is 2.37. The van der Waals surface area contributed by atoms with Gasteiger partial charge in [-0.3, -0.25) is 4.79 Å². The van der Waals surface area contributed by atoms with Gasteiger partial charge in [-0.15, -0.1) is 0 Å². The number of ether oxygens (including phenoxy) is 2. The molecule has 0 amide bonds. The Bertz CT molecular complexity index is 646. The number of nitrogens with zero attached hydrogens (tertiary/aromatic N) is 1. The third-order valence-corrected chi connectivity index (χ3v) is 3.32. The summed E-state index contributed by atoms with van der Waals surface area (Å²) in [6, 6.07) is 3.80. The number of carbonyl (C=O) groups excluding carboxylic acids is 1. The largest absolute Gasteiger partial charge is 0.454 e. The summed E-state index contributed by atoms with van der Waals surface area (Å²) in [5.74, 6) is 1.53. The molecule has 1 aliphatic heterocycles. The lowest BCUT2D eigenvalue weighted by molar-refractivity contribution is 0.0993. The quantitative estimate of drug-likeness (QED) is 0.850. The van der Waals surface area contributed by atoms with Crippen LogP contribution in [0.3, 0.4) is 0 Å². The highest BCUT2D eigenvalue weighted by molar-refractivity contribution is 6.09. The van der Waals surface area contributed by atoms with Crippen LogP contribution >= 0.6 is 0 Å². The first kappa shape index (κ1) is 12.0. The number of Topliss-reactive ketones (excluding diaryl/α,β-unsaturated/α-hetero) is 1. The number of benzene rings is 1. The lowest BCUT2D eigenvalue weighted by Gasteiger charge is -2.01. The Kier molecular flexibility index (Phi) is 2.91. The number of hydrogen-bond donors (Lipinski definition) is 1. The third-order valence-electron chi connectivity index (χ3n) is 3.32. The van der Waals surface area contributed by atoms with Crippen molar-refractivity contribution in [1.29, 1.82) is 0 Å². The van der Waals surface area contributed by atoms with Crippen LogP contribution in [0.25, 0.3) is 10.9 Å². The summed E-state index contributed by atoms with van der Waals surface area (Å²) in [5, 5.41) is 3.97. The summed E-state index contributed by atoms with van der Waals surface area (Å²) in [4.78, 5) is 12.2. The van der Waals surface area contributed by atoms with E-state index in [-0.39, 0.29) is 12.6 Å². The van der Waals surface area contributed by atoms with E-state index in [9.17, 15) is 4.79 Å². The van der Waals surface area contributed by atoms with Crippen LogP contribution in [0.5, 0.6) is 11.5 Å². The lowest BCUT2D eigenvalue weighted by Crippen LogP contribution is -2.22. The molecule has 0 saturated carbocycles. The van der Waals surface area contributed by atoms with Gasteiger partial charge in [-0.05, 0) is 12.6 Å². The predicted molar refractivity (Wildman–Crippen MR) is 71.9 cm³/mol. The average Bonchev–Trinajstić information content (AvgIpc) is 2.98. The zero-order valence-corrected chi connectivity index (χ0v) is 11.0. The van der Waals surface area contributed by atoms with E-state index in [0.29, 0.717) is 12.3 Å². The molecular weight excluding hydrogens is 244 g/mol. The molecule has 0 bridgehead atoms. The standard InChI is InChI=1S/C14H16N2O3/c1-3-15-6-12(17)10-7-16(2)11-5-14-13(4-9(10)11)18-8-19-14/h4-5,7,15H,3,6,8H2,1-2H3. The van der Waals surface area contributed by atoms with E-state index in [1.165, 1.54) is 0 Å². The van der Waals surface area contributed by atoms with Gasteiger partial charge in [-0.1, -0.05) is 6.92 Å². The molecule has 1 N–H and O–H groups in total. The number of likely N-dealkylation sites (N-methyl/N-ethyl adjacent to an activating group) is 1. The van der Waals surface area contributed by atoms with Crippen LogP contribution in [0.15, 0.2) is 18.3 Å². The Balaban J connectivity index is 2.08. The molecule has 2 aromatic rings.